The van der Waals surface area contributed by atoms with E-state index in [4.69, 9.17) is 9.47 Å². The molecule has 0 radical (unpaired) electrons. The van der Waals surface area contributed by atoms with Gasteiger partial charge in [-0.25, -0.2) is 0 Å². The van der Waals surface area contributed by atoms with Crippen LogP contribution < -0.4 is 4.74 Å². The Balaban J connectivity index is 1.84. The Bertz CT molecular complexity index is 416. The molecule has 1 N–H and O–H groups in total. The van der Waals surface area contributed by atoms with Crippen LogP contribution in [-0.2, 0) is 4.74 Å². The molecule has 0 aliphatic carbocycles. The number of methoxy groups -OCH3 is 1. The molecule has 2 rings (SSSR count). The molecule has 0 aromatic heterocycles. The van der Waals surface area contributed by atoms with E-state index in [0.29, 0.717) is 6.61 Å². The van der Waals surface area contributed by atoms with E-state index >= 15 is 0 Å². The summed E-state index contributed by atoms with van der Waals surface area (Å²) in [7, 11) is 1.67. The first kappa shape index (κ1) is 15.0. The number of aliphatic hydroxyl groups is 1. The number of nitrogens with zero attached hydrogens (tertiary/aromatic N) is 1. The first-order valence-corrected chi connectivity index (χ1v) is 7.03. The Morgan fingerprint density at radius 3 is 2.90 bits per heavy atom. The number of ether oxygens (including phenoxy) is 2. The highest BCUT2D eigenvalue weighted by Gasteiger charge is 2.16. The van der Waals surface area contributed by atoms with E-state index in [9.17, 15) is 5.11 Å². The van der Waals surface area contributed by atoms with Crippen LogP contribution in [0.1, 0.15) is 5.56 Å². The number of hydrogen-bond donors (Lipinski definition) is 1. The molecule has 0 spiro atoms. The van der Waals surface area contributed by atoms with E-state index in [0.717, 1.165) is 37.6 Å². The minimum atomic E-state index is 0.193. The maximum absolute atomic E-state index is 9.25. The van der Waals surface area contributed by atoms with Crippen molar-refractivity contribution in [1.82, 2.24) is 4.90 Å². The van der Waals surface area contributed by atoms with Gasteiger partial charge >= 0.3 is 0 Å². The SMILES string of the molecule is COc1ccc(C=CCN2CCOCC(CO)C2)cc1. The van der Waals surface area contributed by atoms with E-state index in [2.05, 4.69) is 17.1 Å². The molecule has 1 aliphatic rings. The van der Waals surface area contributed by atoms with Crippen LogP contribution in [0.5, 0.6) is 5.75 Å². The summed E-state index contributed by atoms with van der Waals surface area (Å²) >= 11 is 0. The predicted molar refractivity (Wildman–Crippen MR) is 79.9 cm³/mol. The molecule has 1 aromatic rings. The number of rotatable bonds is 5. The summed E-state index contributed by atoms with van der Waals surface area (Å²) in [5.41, 5.74) is 1.16. The molecule has 1 aromatic carbocycles. The van der Waals surface area contributed by atoms with Gasteiger partial charge in [0.15, 0.2) is 0 Å². The van der Waals surface area contributed by atoms with Crippen molar-refractivity contribution in [2.24, 2.45) is 5.92 Å². The van der Waals surface area contributed by atoms with Gasteiger partial charge in [-0.2, -0.15) is 0 Å². The Morgan fingerprint density at radius 1 is 1.40 bits per heavy atom. The minimum Gasteiger partial charge on any atom is -0.497 e. The van der Waals surface area contributed by atoms with Gasteiger partial charge in [-0.1, -0.05) is 24.3 Å². The Kier molecular flexibility index (Phi) is 6.05. The molecule has 0 amide bonds. The highest BCUT2D eigenvalue weighted by Crippen LogP contribution is 2.12. The first-order chi connectivity index (χ1) is 9.81. The van der Waals surface area contributed by atoms with Gasteiger partial charge in [-0.15, -0.1) is 0 Å². The third-order valence-corrected chi connectivity index (χ3v) is 3.47. The molecule has 1 aliphatic heterocycles. The standard InChI is InChI=1S/C16H23NO3/c1-19-16-6-4-14(5-7-16)3-2-8-17-9-10-20-13-15(11-17)12-18/h2-7,15,18H,8-13H2,1H3. The van der Waals surface area contributed by atoms with Crippen LogP contribution in [0, 0.1) is 5.92 Å². The van der Waals surface area contributed by atoms with Crippen molar-refractivity contribution in [1.29, 1.82) is 0 Å². The van der Waals surface area contributed by atoms with Gasteiger partial charge in [-0.3, -0.25) is 4.90 Å². The predicted octanol–water partition coefficient (Wildman–Crippen LogP) is 1.65. The summed E-state index contributed by atoms with van der Waals surface area (Å²) in [4.78, 5) is 2.31. The second-order valence-corrected chi connectivity index (χ2v) is 5.06. The lowest BCUT2D eigenvalue weighted by Gasteiger charge is -2.20. The molecule has 1 saturated heterocycles. The van der Waals surface area contributed by atoms with Crippen LogP contribution in [0.25, 0.3) is 6.08 Å². The zero-order valence-electron chi connectivity index (χ0n) is 12.0. The van der Waals surface area contributed by atoms with Crippen LogP contribution in [0.15, 0.2) is 30.3 Å². The average Bonchev–Trinajstić information content (AvgIpc) is 2.73. The topological polar surface area (TPSA) is 41.9 Å². The number of benzene rings is 1. The smallest absolute Gasteiger partial charge is 0.118 e. The quantitative estimate of drug-likeness (QED) is 0.888. The van der Waals surface area contributed by atoms with E-state index in [-0.39, 0.29) is 12.5 Å². The third kappa shape index (κ3) is 4.63. The molecule has 1 heterocycles. The van der Waals surface area contributed by atoms with Crippen molar-refractivity contribution in [2.75, 3.05) is 46.6 Å². The van der Waals surface area contributed by atoms with Crippen molar-refractivity contribution in [2.45, 2.75) is 0 Å². The summed E-state index contributed by atoms with van der Waals surface area (Å²) in [5, 5.41) is 9.25. The second-order valence-electron chi connectivity index (χ2n) is 5.06. The molecule has 0 saturated carbocycles. The van der Waals surface area contributed by atoms with E-state index in [1.165, 1.54) is 0 Å². The Hall–Kier alpha value is -1.36. The van der Waals surface area contributed by atoms with Crippen molar-refractivity contribution >= 4 is 6.08 Å². The van der Waals surface area contributed by atoms with Gasteiger partial charge in [0.25, 0.3) is 0 Å². The fraction of sp³-hybridized carbons (Fsp3) is 0.500. The molecule has 0 bridgehead atoms. The Morgan fingerprint density at radius 2 is 2.20 bits per heavy atom. The normalized spacial score (nSPS) is 21.0. The van der Waals surface area contributed by atoms with Gasteiger partial charge in [0.05, 0.1) is 20.3 Å². The summed E-state index contributed by atoms with van der Waals surface area (Å²) in [5.74, 6) is 1.10. The van der Waals surface area contributed by atoms with Crippen molar-refractivity contribution in [3.8, 4) is 5.75 Å². The highest BCUT2D eigenvalue weighted by atomic mass is 16.5. The maximum Gasteiger partial charge on any atom is 0.118 e. The van der Waals surface area contributed by atoms with Crippen molar-refractivity contribution in [3.05, 3.63) is 35.9 Å². The van der Waals surface area contributed by atoms with Crippen LogP contribution >= 0.6 is 0 Å². The molecule has 110 valence electrons. The lowest BCUT2D eigenvalue weighted by molar-refractivity contribution is 0.0958. The van der Waals surface area contributed by atoms with Crippen LogP contribution in [0.4, 0.5) is 0 Å². The first-order valence-electron chi connectivity index (χ1n) is 7.03. The fourth-order valence-electron chi connectivity index (χ4n) is 2.28. The zero-order chi connectivity index (χ0) is 14.2. The zero-order valence-corrected chi connectivity index (χ0v) is 12.0. The molecule has 20 heavy (non-hydrogen) atoms. The fourth-order valence-corrected chi connectivity index (χ4v) is 2.28. The molecule has 1 unspecified atom stereocenters. The third-order valence-electron chi connectivity index (χ3n) is 3.47. The summed E-state index contributed by atoms with van der Waals surface area (Å²) in [6, 6.07) is 8.00. The molecular weight excluding hydrogens is 254 g/mol. The van der Waals surface area contributed by atoms with Crippen molar-refractivity contribution < 1.29 is 14.6 Å². The molecule has 1 atom stereocenters. The van der Waals surface area contributed by atoms with E-state index < -0.39 is 0 Å². The second kappa shape index (κ2) is 8.04. The summed E-state index contributed by atoms with van der Waals surface area (Å²) in [6.45, 7) is 4.29. The largest absolute Gasteiger partial charge is 0.497 e. The summed E-state index contributed by atoms with van der Waals surface area (Å²) in [6.07, 6.45) is 4.26. The van der Waals surface area contributed by atoms with Gasteiger partial charge in [0.1, 0.15) is 5.75 Å². The lowest BCUT2D eigenvalue weighted by Crippen LogP contribution is -2.31. The van der Waals surface area contributed by atoms with Crippen LogP contribution in [-0.4, -0.2) is 56.6 Å². The van der Waals surface area contributed by atoms with Crippen LogP contribution in [0.3, 0.4) is 0 Å². The molecule has 4 nitrogen and oxygen atoms in total. The van der Waals surface area contributed by atoms with E-state index in [1.54, 1.807) is 7.11 Å². The van der Waals surface area contributed by atoms with Gasteiger partial charge in [0, 0.05) is 32.2 Å². The molecule has 1 fully saturated rings. The molecule has 4 heteroatoms. The van der Waals surface area contributed by atoms with E-state index in [1.807, 2.05) is 24.3 Å². The highest BCUT2D eigenvalue weighted by molar-refractivity contribution is 5.50. The van der Waals surface area contributed by atoms with Crippen molar-refractivity contribution in [3.63, 3.8) is 0 Å². The van der Waals surface area contributed by atoms with Gasteiger partial charge in [-0.05, 0) is 17.7 Å². The van der Waals surface area contributed by atoms with Gasteiger partial charge < -0.3 is 14.6 Å². The summed E-state index contributed by atoms with van der Waals surface area (Å²) < 4.78 is 10.6. The van der Waals surface area contributed by atoms with Crippen LogP contribution in [0.2, 0.25) is 0 Å². The number of hydrogen-bond acceptors (Lipinski definition) is 4. The van der Waals surface area contributed by atoms with Gasteiger partial charge in [0.2, 0.25) is 0 Å². The lowest BCUT2D eigenvalue weighted by atomic mass is 10.1. The monoisotopic (exact) mass is 277 g/mol. The Labute approximate surface area is 120 Å². The maximum atomic E-state index is 9.25. The minimum absolute atomic E-state index is 0.193. The average molecular weight is 277 g/mol. The number of aliphatic hydroxyl groups excluding tert-OH is 1. The molecular formula is C16H23NO3.